The first-order valence-electron chi connectivity index (χ1n) is 9.37. The van der Waals surface area contributed by atoms with Crippen LogP contribution in [-0.4, -0.2) is 41.3 Å². The number of para-hydroxylation sites is 1. The number of methoxy groups -OCH3 is 1. The molecule has 2 aromatic rings. The maximum atomic E-state index is 12.4. The zero-order valence-electron chi connectivity index (χ0n) is 16.8. The molecule has 8 nitrogen and oxygen atoms in total. The summed E-state index contributed by atoms with van der Waals surface area (Å²) in [5.41, 5.74) is 1.35. The predicted molar refractivity (Wildman–Crippen MR) is 117 cm³/mol. The Morgan fingerprint density at radius 1 is 1.23 bits per heavy atom. The van der Waals surface area contributed by atoms with Crippen molar-refractivity contribution < 1.29 is 29.0 Å². The van der Waals surface area contributed by atoms with Crippen molar-refractivity contribution in [1.29, 1.82) is 0 Å². The smallest absolute Gasteiger partial charge is 0.344 e. The number of amidine groups is 1. The van der Waals surface area contributed by atoms with Gasteiger partial charge in [0.15, 0.2) is 11.3 Å². The first kappa shape index (κ1) is 22.1. The van der Waals surface area contributed by atoms with Gasteiger partial charge in [-0.3, -0.25) is 4.79 Å². The van der Waals surface area contributed by atoms with Gasteiger partial charge in [-0.2, -0.15) is 0 Å². The fourth-order valence-electron chi connectivity index (χ4n) is 2.75. The number of hydrogen-bond acceptors (Lipinski definition) is 7. The second-order valence-corrected chi connectivity index (χ2v) is 7.45. The zero-order valence-corrected chi connectivity index (χ0v) is 17.6. The number of amides is 1. The van der Waals surface area contributed by atoms with E-state index in [1.807, 2.05) is 0 Å². The van der Waals surface area contributed by atoms with Crippen LogP contribution in [0.1, 0.15) is 29.3 Å². The number of rotatable bonds is 7. The van der Waals surface area contributed by atoms with Crippen molar-refractivity contribution in [2.75, 3.05) is 7.11 Å². The molecule has 1 aliphatic heterocycles. The molecule has 3 rings (SSSR count). The number of ether oxygens (including phenoxy) is 2. The molecule has 1 atom stereocenters. The standard InChI is InChI=1S/C22H20N2O6S/c1-3-17(20(26)27)30-14-8-6-7-13(11-14)12-18-19(25)24-22(31-18)23-16-10-5-4-9-15(16)21(28)29-2/h4-12,17H,3H2,1-2H3,(H,26,27)(H,23,24,25)/b18-12+. The van der Waals surface area contributed by atoms with Gasteiger partial charge in [-0.15, -0.1) is 0 Å². The number of benzene rings is 2. The minimum absolute atomic E-state index is 0.290. The van der Waals surface area contributed by atoms with Gasteiger partial charge in [-0.05, 0) is 54.1 Å². The van der Waals surface area contributed by atoms with Crippen LogP contribution in [0, 0.1) is 0 Å². The summed E-state index contributed by atoms with van der Waals surface area (Å²) in [6.45, 7) is 1.73. The number of carbonyl (C=O) groups excluding carboxylic acids is 2. The van der Waals surface area contributed by atoms with Crippen molar-refractivity contribution in [3.05, 3.63) is 64.6 Å². The second kappa shape index (κ2) is 9.94. The number of nitrogens with zero attached hydrogens (tertiary/aromatic N) is 1. The monoisotopic (exact) mass is 440 g/mol. The van der Waals surface area contributed by atoms with Gasteiger partial charge in [0.05, 0.1) is 23.3 Å². The van der Waals surface area contributed by atoms with Crippen LogP contribution in [0.15, 0.2) is 58.4 Å². The van der Waals surface area contributed by atoms with Crippen LogP contribution in [0.3, 0.4) is 0 Å². The molecule has 0 aliphatic carbocycles. The molecule has 0 aromatic heterocycles. The third kappa shape index (κ3) is 5.52. The summed E-state index contributed by atoms with van der Waals surface area (Å²) in [5.74, 6) is -1.49. The fraction of sp³-hybridized carbons (Fsp3) is 0.182. The Morgan fingerprint density at radius 2 is 2.00 bits per heavy atom. The van der Waals surface area contributed by atoms with Crippen LogP contribution in [0.5, 0.6) is 5.75 Å². The maximum absolute atomic E-state index is 12.4. The third-order valence-corrected chi connectivity index (χ3v) is 5.17. The number of hydrogen-bond donors (Lipinski definition) is 2. The maximum Gasteiger partial charge on any atom is 0.344 e. The van der Waals surface area contributed by atoms with Gasteiger partial charge in [-0.1, -0.05) is 31.2 Å². The minimum Gasteiger partial charge on any atom is -0.479 e. The van der Waals surface area contributed by atoms with E-state index >= 15 is 0 Å². The summed E-state index contributed by atoms with van der Waals surface area (Å²) >= 11 is 1.13. The number of nitrogens with one attached hydrogen (secondary N) is 1. The van der Waals surface area contributed by atoms with Crippen LogP contribution >= 0.6 is 11.8 Å². The van der Waals surface area contributed by atoms with Crippen molar-refractivity contribution in [3.8, 4) is 5.75 Å². The van der Waals surface area contributed by atoms with E-state index < -0.39 is 18.0 Å². The van der Waals surface area contributed by atoms with E-state index in [0.29, 0.717) is 39.1 Å². The van der Waals surface area contributed by atoms with Gasteiger partial charge in [0.25, 0.3) is 5.91 Å². The topological polar surface area (TPSA) is 114 Å². The van der Waals surface area contributed by atoms with E-state index in [-0.39, 0.29) is 5.91 Å². The molecular formula is C22H20N2O6S. The molecule has 31 heavy (non-hydrogen) atoms. The van der Waals surface area contributed by atoms with Crippen LogP contribution in [0.4, 0.5) is 5.69 Å². The first-order chi connectivity index (χ1) is 14.9. The van der Waals surface area contributed by atoms with Gasteiger partial charge >= 0.3 is 11.9 Å². The van der Waals surface area contributed by atoms with Crippen LogP contribution in [0.25, 0.3) is 6.08 Å². The lowest BCUT2D eigenvalue weighted by Crippen LogP contribution is -2.25. The molecule has 1 unspecified atom stereocenters. The Kier molecular flexibility index (Phi) is 7.09. The molecule has 1 saturated heterocycles. The molecule has 2 aromatic carbocycles. The highest BCUT2D eigenvalue weighted by Gasteiger charge is 2.25. The number of thioether (sulfide) groups is 1. The summed E-state index contributed by atoms with van der Waals surface area (Å²) in [6, 6.07) is 13.5. The summed E-state index contributed by atoms with van der Waals surface area (Å²) in [4.78, 5) is 40.2. The number of aliphatic carboxylic acids is 1. The number of carboxylic acid groups (broad SMARTS) is 1. The molecule has 160 valence electrons. The zero-order chi connectivity index (χ0) is 22.4. The molecule has 1 fully saturated rings. The molecule has 0 saturated carbocycles. The highest BCUT2D eigenvalue weighted by Crippen LogP contribution is 2.30. The quantitative estimate of drug-likeness (QED) is 0.499. The van der Waals surface area contributed by atoms with Gasteiger partial charge in [0.2, 0.25) is 0 Å². The first-order valence-corrected chi connectivity index (χ1v) is 10.2. The minimum atomic E-state index is -1.04. The van der Waals surface area contributed by atoms with Gasteiger partial charge in [0.1, 0.15) is 5.75 Å². The summed E-state index contributed by atoms with van der Waals surface area (Å²) in [6.07, 6.45) is 1.04. The Morgan fingerprint density at radius 3 is 2.71 bits per heavy atom. The summed E-state index contributed by atoms with van der Waals surface area (Å²) < 4.78 is 10.3. The van der Waals surface area contributed by atoms with E-state index in [1.54, 1.807) is 61.5 Å². The normalized spacial score (nSPS) is 16.8. The Balaban J connectivity index is 1.81. The number of carboxylic acids is 1. The van der Waals surface area contributed by atoms with Gasteiger partial charge < -0.3 is 19.9 Å². The van der Waals surface area contributed by atoms with E-state index in [0.717, 1.165) is 11.8 Å². The lowest BCUT2D eigenvalue weighted by atomic mass is 10.2. The Bertz CT molecular complexity index is 1080. The SMILES string of the molecule is CCC(Oc1cccc(/C=C2/SC(=Nc3ccccc3C(=O)OC)NC2=O)c1)C(=O)O. The molecule has 2 N–H and O–H groups in total. The number of aliphatic imine (C=N–C) groups is 1. The molecule has 1 aliphatic rings. The lowest BCUT2D eigenvalue weighted by molar-refractivity contribution is -0.145. The molecular weight excluding hydrogens is 420 g/mol. The van der Waals surface area contributed by atoms with E-state index in [1.165, 1.54) is 7.11 Å². The average Bonchev–Trinajstić information content (AvgIpc) is 3.10. The molecule has 0 spiro atoms. The predicted octanol–water partition coefficient (Wildman–Crippen LogP) is 3.61. The lowest BCUT2D eigenvalue weighted by Gasteiger charge is -2.13. The Labute approximate surface area is 183 Å². The number of carbonyl (C=O) groups is 3. The Hall–Kier alpha value is -3.59. The molecule has 0 bridgehead atoms. The highest BCUT2D eigenvalue weighted by molar-refractivity contribution is 8.18. The summed E-state index contributed by atoms with van der Waals surface area (Å²) in [7, 11) is 1.29. The molecule has 1 amide bonds. The second-order valence-electron chi connectivity index (χ2n) is 6.42. The van der Waals surface area contributed by atoms with Crippen molar-refractivity contribution in [1.82, 2.24) is 5.32 Å². The van der Waals surface area contributed by atoms with E-state index in [4.69, 9.17) is 14.6 Å². The third-order valence-electron chi connectivity index (χ3n) is 4.26. The average molecular weight is 440 g/mol. The van der Waals surface area contributed by atoms with Crippen molar-refractivity contribution in [2.24, 2.45) is 4.99 Å². The van der Waals surface area contributed by atoms with Gasteiger partial charge in [-0.25, -0.2) is 14.6 Å². The molecule has 9 heteroatoms. The fourth-order valence-corrected chi connectivity index (χ4v) is 3.58. The largest absolute Gasteiger partial charge is 0.479 e. The van der Waals surface area contributed by atoms with Gasteiger partial charge in [0, 0.05) is 0 Å². The van der Waals surface area contributed by atoms with Crippen LogP contribution < -0.4 is 10.1 Å². The molecule has 0 radical (unpaired) electrons. The summed E-state index contributed by atoms with van der Waals surface area (Å²) in [5, 5.41) is 12.2. The molecule has 1 heterocycles. The highest BCUT2D eigenvalue weighted by atomic mass is 32.2. The van der Waals surface area contributed by atoms with Crippen LogP contribution in [0.2, 0.25) is 0 Å². The van der Waals surface area contributed by atoms with Crippen LogP contribution in [-0.2, 0) is 14.3 Å². The number of esters is 1. The van der Waals surface area contributed by atoms with Crippen molar-refractivity contribution in [3.63, 3.8) is 0 Å². The van der Waals surface area contributed by atoms with Crippen molar-refractivity contribution in [2.45, 2.75) is 19.4 Å². The van der Waals surface area contributed by atoms with Crippen molar-refractivity contribution >= 4 is 46.5 Å². The van der Waals surface area contributed by atoms with E-state index in [9.17, 15) is 14.4 Å². The van der Waals surface area contributed by atoms with E-state index in [2.05, 4.69) is 10.3 Å².